The molecule has 0 radical (unpaired) electrons. The number of ether oxygens (including phenoxy) is 1. The van der Waals surface area contributed by atoms with Gasteiger partial charge in [0.15, 0.2) is 6.61 Å². The monoisotopic (exact) mass is 321 g/mol. The quantitative estimate of drug-likeness (QED) is 0.719. The fraction of sp³-hybridized carbons (Fsp3) is 0.438. The lowest BCUT2D eigenvalue weighted by Crippen LogP contribution is -2.45. The van der Waals surface area contributed by atoms with E-state index < -0.39 is 29.5 Å². The number of hydrogen-bond acceptors (Lipinski definition) is 4. The number of urea groups is 1. The average Bonchev–Trinajstić information content (AvgIpc) is 2.43. The summed E-state index contributed by atoms with van der Waals surface area (Å²) in [7, 11) is 0. The number of nitrogens with one attached hydrogen (secondary N) is 3. The second kappa shape index (κ2) is 8.17. The van der Waals surface area contributed by atoms with Gasteiger partial charge in [-0.2, -0.15) is 0 Å². The number of carbonyl (C=O) groups is 3. The van der Waals surface area contributed by atoms with E-state index in [9.17, 15) is 14.4 Å². The highest BCUT2D eigenvalue weighted by Crippen LogP contribution is 2.04. The van der Waals surface area contributed by atoms with Crippen molar-refractivity contribution in [1.82, 2.24) is 10.6 Å². The first kappa shape index (κ1) is 18.5. The van der Waals surface area contributed by atoms with Crippen LogP contribution in [0.4, 0.5) is 10.5 Å². The molecule has 0 aromatic heterocycles. The fourth-order valence-corrected chi connectivity index (χ4v) is 1.66. The van der Waals surface area contributed by atoms with Crippen LogP contribution in [0.5, 0.6) is 0 Å². The van der Waals surface area contributed by atoms with Crippen molar-refractivity contribution in [3.05, 3.63) is 30.3 Å². The molecule has 126 valence electrons. The summed E-state index contributed by atoms with van der Waals surface area (Å²) in [6.07, 6.45) is 0. The Morgan fingerprint density at radius 3 is 2.30 bits per heavy atom. The maximum atomic E-state index is 11.8. The Bertz CT molecular complexity index is 552. The number of carbonyl (C=O) groups excluding carboxylic acids is 3. The van der Waals surface area contributed by atoms with E-state index in [1.807, 2.05) is 26.8 Å². The predicted octanol–water partition coefficient (Wildman–Crippen LogP) is 1.65. The molecule has 0 heterocycles. The first-order chi connectivity index (χ1) is 10.7. The first-order valence-corrected chi connectivity index (χ1v) is 7.27. The zero-order valence-corrected chi connectivity index (χ0v) is 13.8. The van der Waals surface area contributed by atoms with Crippen LogP contribution >= 0.6 is 0 Å². The third-order valence-corrected chi connectivity index (χ3v) is 2.59. The molecule has 1 rings (SSSR count). The highest BCUT2D eigenvalue weighted by molar-refractivity contribution is 5.92. The van der Waals surface area contributed by atoms with Crippen LogP contribution in [0.15, 0.2) is 30.3 Å². The van der Waals surface area contributed by atoms with Crippen molar-refractivity contribution >= 4 is 23.6 Å². The Balaban J connectivity index is 2.36. The minimum atomic E-state index is -0.874. The summed E-state index contributed by atoms with van der Waals surface area (Å²) >= 11 is 0. The van der Waals surface area contributed by atoms with Gasteiger partial charge in [0, 0.05) is 11.2 Å². The Morgan fingerprint density at radius 2 is 1.74 bits per heavy atom. The molecule has 0 unspecified atom stereocenters. The van der Waals surface area contributed by atoms with Crippen molar-refractivity contribution in [2.45, 2.75) is 39.3 Å². The zero-order valence-electron chi connectivity index (χ0n) is 13.8. The summed E-state index contributed by atoms with van der Waals surface area (Å²) in [4.78, 5) is 35.1. The molecule has 0 spiro atoms. The van der Waals surface area contributed by atoms with Gasteiger partial charge >= 0.3 is 12.0 Å². The van der Waals surface area contributed by atoms with Gasteiger partial charge in [-0.25, -0.2) is 9.59 Å². The number of hydrogen-bond donors (Lipinski definition) is 3. The molecule has 0 saturated carbocycles. The molecule has 1 atom stereocenters. The number of amides is 3. The summed E-state index contributed by atoms with van der Waals surface area (Å²) in [5.74, 6) is -1.08. The molecule has 3 amide bonds. The molecule has 23 heavy (non-hydrogen) atoms. The number of anilines is 1. The van der Waals surface area contributed by atoms with Gasteiger partial charge in [-0.1, -0.05) is 18.2 Å². The molecule has 7 heteroatoms. The number of para-hydroxylation sites is 1. The van der Waals surface area contributed by atoms with Crippen LogP contribution in [0.3, 0.4) is 0 Å². The molecule has 0 fully saturated rings. The third kappa shape index (κ3) is 7.85. The van der Waals surface area contributed by atoms with E-state index in [2.05, 4.69) is 16.0 Å². The summed E-state index contributed by atoms with van der Waals surface area (Å²) in [5, 5.41) is 7.70. The smallest absolute Gasteiger partial charge is 0.328 e. The van der Waals surface area contributed by atoms with E-state index >= 15 is 0 Å². The molecule has 0 aliphatic carbocycles. The van der Waals surface area contributed by atoms with Crippen LogP contribution in [0.25, 0.3) is 0 Å². The minimum absolute atomic E-state index is 0.386. The predicted molar refractivity (Wildman–Crippen MR) is 86.9 cm³/mol. The molecule has 0 saturated heterocycles. The zero-order chi connectivity index (χ0) is 17.5. The van der Waals surface area contributed by atoms with Gasteiger partial charge in [0.05, 0.1) is 0 Å². The topological polar surface area (TPSA) is 96.5 Å². The van der Waals surface area contributed by atoms with Gasteiger partial charge in [0.2, 0.25) is 0 Å². The Labute approximate surface area is 135 Å². The van der Waals surface area contributed by atoms with Gasteiger partial charge in [-0.3, -0.25) is 4.79 Å². The molecule has 3 N–H and O–H groups in total. The Hall–Kier alpha value is -2.57. The lowest BCUT2D eigenvalue weighted by molar-refractivity contribution is -0.150. The Kier molecular flexibility index (Phi) is 6.56. The molecule has 1 aromatic carbocycles. The maximum Gasteiger partial charge on any atom is 0.328 e. The van der Waals surface area contributed by atoms with Crippen LogP contribution in [0.2, 0.25) is 0 Å². The lowest BCUT2D eigenvalue weighted by atomic mass is 10.1. The van der Waals surface area contributed by atoms with Crippen LogP contribution in [-0.4, -0.2) is 36.1 Å². The first-order valence-electron chi connectivity index (χ1n) is 7.27. The highest BCUT2D eigenvalue weighted by Gasteiger charge is 2.20. The second-order valence-electron chi connectivity index (χ2n) is 6.09. The molecule has 0 bridgehead atoms. The van der Waals surface area contributed by atoms with Crippen LogP contribution < -0.4 is 16.0 Å². The van der Waals surface area contributed by atoms with Gasteiger partial charge in [0.25, 0.3) is 5.91 Å². The standard InChI is InChI=1S/C16H23N3O4/c1-11(14(21)23-10-13(20)19-16(2,3)4)17-15(22)18-12-8-6-5-7-9-12/h5-9,11H,10H2,1-4H3,(H,19,20)(H2,17,18,22)/t11-/m0/s1. The van der Waals surface area contributed by atoms with Gasteiger partial charge in [-0.15, -0.1) is 0 Å². The molecular formula is C16H23N3O4. The van der Waals surface area contributed by atoms with E-state index in [-0.39, 0.29) is 6.61 Å². The molecule has 7 nitrogen and oxygen atoms in total. The summed E-state index contributed by atoms with van der Waals surface area (Å²) in [5.41, 5.74) is 0.207. The summed E-state index contributed by atoms with van der Waals surface area (Å²) < 4.78 is 4.87. The normalized spacial score (nSPS) is 12.0. The summed E-state index contributed by atoms with van der Waals surface area (Å²) in [6, 6.07) is 7.42. The Morgan fingerprint density at radius 1 is 1.13 bits per heavy atom. The van der Waals surface area contributed by atoms with Crippen LogP contribution in [0, 0.1) is 0 Å². The van der Waals surface area contributed by atoms with Crippen molar-refractivity contribution < 1.29 is 19.1 Å². The van der Waals surface area contributed by atoms with Crippen molar-refractivity contribution in [2.24, 2.45) is 0 Å². The van der Waals surface area contributed by atoms with Crippen LogP contribution in [-0.2, 0) is 14.3 Å². The largest absolute Gasteiger partial charge is 0.454 e. The van der Waals surface area contributed by atoms with Crippen LogP contribution in [0.1, 0.15) is 27.7 Å². The highest BCUT2D eigenvalue weighted by atomic mass is 16.5. The minimum Gasteiger partial charge on any atom is -0.454 e. The summed E-state index contributed by atoms with van der Waals surface area (Å²) in [6.45, 7) is 6.57. The fourth-order valence-electron chi connectivity index (χ4n) is 1.66. The molecule has 0 aliphatic heterocycles. The third-order valence-electron chi connectivity index (χ3n) is 2.59. The van der Waals surface area contributed by atoms with Gasteiger partial charge in [-0.05, 0) is 39.8 Å². The average molecular weight is 321 g/mol. The number of benzene rings is 1. The van der Waals surface area contributed by atoms with E-state index in [0.717, 1.165) is 0 Å². The van der Waals surface area contributed by atoms with Crippen molar-refractivity contribution in [3.8, 4) is 0 Å². The second-order valence-corrected chi connectivity index (χ2v) is 6.09. The maximum absolute atomic E-state index is 11.8. The van der Waals surface area contributed by atoms with Crippen molar-refractivity contribution in [3.63, 3.8) is 0 Å². The van der Waals surface area contributed by atoms with Crippen molar-refractivity contribution in [1.29, 1.82) is 0 Å². The van der Waals surface area contributed by atoms with E-state index in [1.165, 1.54) is 6.92 Å². The molecule has 1 aromatic rings. The van der Waals surface area contributed by atoms with Gasteiger partial charge < -0.3 is 20.7 Å². The molecular weight excluding hydrogens is 298 g/mol. The molecule has 0 aliphatic rings. The number of rotatable bonds is 5. The SMILES string of the molecule is C[C@H](NC(=O)Nc1ccccc1)C(=O)OCC(=O)NC(C)(C)C. The lowest BCUT2D eigenvalue weighted by Gasteiger charge is -2.20. The van der Waals surface area contributed by atoms with E-state index in [4.69, 9.17) is 4.74 Å². The van der Waals surface area contributed by atoms with E-state index in [0.29, 0.717) is 5.69 Å². The van der Waals surface area contributed by atoms with E-state index in [1.54, 1.807) is 24.3 Å². The number of esters is 1. The van der Waals surface area contributed by atoms with Gasteiger partial charge in [0.1, 0.15) is 6.04 Å². The van der Waals surface area contributed by atoms with Crippen molar-refractivity contribution in [2.75, 3.05) is 11.9 Å².